The molecule has 0 radical (unpaired) electrons. The Hall–Kier alpha value is -7.46. The molecule has 10 rings (SSSR count). The average molecular weight is 1220 g/mol. The Labute approximate surface area is 497 Å². The van der Waals surface area contributed by atoms with Crippen molar-refractivity contribution >= 4 is 87.4 Å². The van der Waals surface area contributed by atoms with E-state index in [9.17, 15) is 0 Å². The lowest BCUT2D eigenvalue weighted by Crippen LogP contribution is -2.04. The fourth-order valence-electron chi connectivity index (χ4n) is 6.45. The zero-order valence-electron chi connectivity index (χ0n) is 45.7. The lowest BCUT2D eigenvalue weighted by Gasteiger charge is -2.06. The largest absolute Gasteiger partial charge is 0.491 e. The van der Waals surface area contributed by atoms with Crippen molar-refractivity contribution in [1.29, 1.82) is 0 Å². The minimum Gasteiger partial charge on any atom is -0.491 e. The molecule has 0 saturated carbocycles. The van der Waals surface area contributed by atoms with Gasteiger partial charge >= 0.3 is 0 Å². The van der Waals surface area contributed by atoms with E-state index in [-0.39, 0.29) is 5.88 Å². The minimum atomic E-state index is 0.111. The van der Waals surface area contributed by atoms with Crippen LogP contribution in [0.15, 0.2) is 145 Å². The number of aldehydes is 1. The van der Waals surface area contributed by atoms with Crippen LogP contribution in [0.4, 0.5) is 5.82 Å². The summed E-state index contributed by atoms with van der Waals surface area (Å²) in [5.41, 5.74) is 11.3. The van der Waals surface area contributed by atoms with E-state index in [0.717, 1.165) is 72.8 Å². The highest BCUT2D eigenvalue weighted by Gasteiger charge is 2.11. The molecule has 0 unspecified atom stereocenters. The Balaban J connectivity index is 0.000000191. The van der Waals surface area contributed by atoms with E-state index in [2.05, 4.69) is 49.8 Å². The number of pyridine rings is 4. The summed E-state index contributed by atoms with van der Waals surface area (Å²) in [7, 11) is 6.57. The van der Waals surface area contributed by atoms with E-state index in [4.69, 9.17) is 83.2 Å². The van der Waals surface area contributed by atoms with Crippen molar-refractivity contribution in [2.45, 2.75) is 10.1 Å². The van der Waals surface area contributed by atoms with Crippen LogP contribution >= 0.6 is 58.3 Å². The maximum Gasteiger partial charge on any atom is 0.140 e. The predicted octanol–water partition coefficient (Wildman–Crippen LogP) is 9.33. The second kappa shape index (κ2) is 37.5. The van der Waals surface area contributed by atoms with Crippen molar-refractivity contribution in [3.05, 3.63) is 146 Å². The number of nitrogen functional groups attached to an aromatic ring is 1. The molecule has 2 N–H and O–H groups in total. The zero-order valence-corrected chi connectivity index (χ0v) is 49.6. The SMILES string of the molecule is COCCOc1ccn2c(-c3cc(Cl)ncn3)cnc2c1.COCCOc1ccn2c(-c3cc(SC)ncn3)cnc2c1.COCCOc1ccn2ccnc2c1.COCCOc1ccnc(N)c1.CSc1cc(Cl)ncn1.O=CCCl. The summed E-state index contributed by atoms with van der Waals surface area (Å²) in [6.07, 6.45) is 23.6. The maximum absolute atomic E-state index is 9.04. The van der Waals surface area contributed by atoms with E-state index in [1.807, 2.05) is 93.0 Å². The van der Waals surface area contributed by atoms with Crippen LogP contribution in [0.1, 0.15) is 0 Å². The van der Waals surface area contributed by atoms with Crippen LogP contribution in [0.3, 0.4) is 0 Å². The number of rotatable bonds is 21. The number of methoxy groups -OCH3 is 4. The number of halogens is 3. The van der Waals surface area contributed by atoms with Crippen LogP contribution in [0, 0.1) is 0 Å². The van der Waals surface area contributed by atoms with Gasteiger partial charge in [0.1, 0.15) is 113 Å². The van der Waals surface area contributed by atoms with Gasteiger partial charge in [0.05, 0.1) is 72.5 Å². The molecule has 82 heavy (non-hydrogen) atoms. The average Bonchev–Trinajstić information content (AvgIpc) is 4.30. The summed E-state index contributed by atoms with van der Waals surface area (Å²) in [5, 5.41) is 2.72. The van der Waals surface area contributed by atoms with Gasteiger partial charge in [0.2, 0.25) is 0 Å². The molecule has 0 atom stereocenters. The fourth-order valence-corrected chi connectivity index (χ4v) is 7.57. The molecule has 0 bridgehead atoms. The van der Waals surface area contributed by atoms with E-state index >= 15 is 0 Å². The Kier molecular flexibility index (Phi) is 29.9. The smallest absolute Gasteiger partial charge is 0.140 e. The molecule has 0 spiro atoms. The first-order valence-electron chi connectivity index (χ1n) is 24.5. The van der Waals surface area contributed by atoms with Crippen molar-refractivity contribution in [1.82, 2.24) is 63.0 Å². The van der Waals surface area contributed by atoms with Gasteiger partial charge in [0.15, 0.2) is 0 Å². The Bertz CT molecular complexity index is 3440. The van der Waals surface area contributed by atoms with Gasteiger partial charge in [0, 0.05) is 102 Å². The van der Waals surface area contributed by atoms with E-state index in [1.165, 1.54) is 12.7 Å². The second-order valence-electron chi connectivity index (χ2n) is 15.7. The van der Waals surface area contributed by atoms with Crippen molar-refractivity contribution in [2.75, 3.05) is 105 Å². The number of anilines is 1. The first-order valence-corrected chi connectivity index (χ1v) is 28.2. The van der Waals surface area contributed by atoms with Crippen LogP contribution in [0.2, 0.25) is 10.3 Å². The fraction of sp³-hybridized carbons (Fsp3) is 0.278. The van der Waals surface area contributed by atoms with Crippen LogP contribution in [0.5, 0.6) is 23.0 Å². The lowest BCUT2D eigenvalue weighted by atomic mass is 10.3. The first-order chi connectivity index (χ1) is 40.1. The number of nitrogens with two attached hydrogens (primary N) is 1. The number of imidazole rings is 3. The summed E-state index contributed by atoms with van der Waals surface area (Å²) in [4.78, 5) is 50.1. The Morgan fingerprint density at radius 3 is 1.38 bits per heavy atom. The van der Waals surface area contributed by atoms with Crippen molar-refractivity contribution in [3.8, 4) is 45.8 Å². The molecule has 0 aliphatic heterocycles. The van der Waals surface area contributed by atoms with Crippen molar-refractivity contribution < 1.29 is 42.7 Å². The molecule has 10 aromatic rings. The standard InChI is InChI=1S/C15H16N4O2S.C14H13ClN4O2.C10H12N2O2.C8H12N2O2.C5H5ClN2S.C2H3ClO/c1-20-5-6-21-11-3-4-19-13(9-16-14(19)7-11)12-8-15(22-2)18-10-17-12;1-20-4-5-21-10-2-3-19-12(8-16-14(19)6-10)11-7-13(15)18-9-17-11;1-13-6-7-14-9-2-4-12-5-3-11-10(12)8-9;1-11-4-5-12-7-2-3-10-8(9)6-7;1-9-5-2-4(6)7-3-8-5;3-1-2-4/h3-4,7-10H,5-6H2,1-2H3;2-3,6-9H,4-5H2,1H3;2-5,8H,6-7H2,1H3;2-3,6H,4-5H2,1H3,(H2,9,10);2-3H,1H3;2H,1H2. The third-order valence-electron chi connectivity index (χ3n) is 10.2. The number of fused-ring (bicyclic) bond motifs is 3. The van der Waals surface area contributed by atoms with E-state index < -0.39 is 0 Å². The maximum atomic E-state index is 9.04. The quantitative estimate of drug-likeness (QED) is 0.0231. The number of hydrogen-bond acceptors (Lipinski definition) is 22. The number of carbonyl (C=O) groups excluding carboxylic acids is 1. The predicted molar refractivity (Wildman–Crippen MR) is 318 cm³/mol. The molecule has 0 aliphatic rings. The highest BCUT2D eigenvalue weighted by Crippen LogP contribution is 2.25. The lowest BCUT2D eigenvalue weighted by molar-refractivity contribution is -0.105. The van der Waals surface area contributed by atoms with Gasteiger partial charge in [-0.15, -0.1) is 35.1 Å². The van der Waals surface area contributed by atoms with Crippen molar-refractivity contribution in [3.63, 3.8) is 0 Å². The third-order valence-corrected chi connectivity index (χ3v) is 12.0. The Morgan fingerprint density at radius 1 is 0.488 bits per heavy atom. The molecule has 28 heteroatoms. The van der Waals surface area contributed by atoms with Crippen LogP contribution in [-0.4, -0.2) is 169 Å². The molecule has 10 heterocycles. The molecule has 0 aromatic carbocycles. The number of nitrogens with zero attached hydrogens (tertiary/aromatic N) is 13. The van der Waals surface area contributed by atoms with Crippen LogP contribution in [-0.2, 0) is 23.7 Å². The van der Waals surface area contributed by atoms with E-state index in [0.29, 0.717) is 75.3 Å². The molecule has 0 fully saturated rings. The first kappa shape index (κ1) is 65.4. The van der Waals surface area contributed by atoms with E-state index in [1.54, 1.807) is 107 Å². The molecule has 434 valence electrons. The molecular weight excluding hydrogens is 1160 g/mol. The number of ether oxygens (including phenoxy) is 8. The highest BCUT2D eigenvalue weighted by molar-refractivity contribution is 7.98. The monoisotopic (exact) mass is 1220 g/mol. The molecule has 10 aromatic heterocycles. The summed E-state index contributed by atoms with van der Waals surface area (Å²) in [6.45, 7) is 4.38. The van der Waals surface area contributed by atoms with Crippen LogP contribution < -0.4 is 24.7 Å². The van der Waals surface area contributed by atoms with Gasteiger partial charge in [-0.2, -0.15) is 0 Å². The number of hydrogen-bond donors (Lipinski definition) is 1. The summed E-state index contributed by atoms with van der Waals surface area (Å²) < 4.78 is 47.4. The van der Waals surface area contributed by atoms with Gasteiger partial charge in [-0.3, -0.25) is 8.80 Å². The third kappa shape index (κ3) is 22.5. The normalized spacial score (nSPS) is 10.4. The number of alkyl halides is 1. The Morgan fingerprint density at radius 2 is 0.927 bits per heavy atom. The molecule has 0 saturated heterocycles. The zero-order chi connectivity index (χ0) is 58.7. The molecule has 0 amide bonds. The second-order valence-corrected chi connectivity index (χ2v) is 18.4. The molecule has 23 nitrogen and oxygen atoms in total. The number of thioether (sulfide) groups is 2. The number of carbonyl (C=O) groups is 1. The summed E-state index contributed by atoms with van der Waals surface area (Å²) >= 11 is 19.4. The van der Waals surface area contributed by atoms with Gasteiger partial charge in [0.25, 0.3) is 0 Å². The highest BCUT2D eigenvalue weighted by atomic mass is 35.5. The van der Waals surface area contributed by atoms with Gasteiger partial charge in [-0.05, 0) is 42.8 Å². The number of aromatic nitrogens is 13. The van der Waals surface area contributed by atoms with Crippen LogP contribution in [0.25, 0.3) is 39.7 Å². The molecular formula is C54H61Cl3N14O9S2. The topological polar surface area (TPSA) is 259 Å². The minimum absolute atomic E-state index is 0.111. The van der Waals surface area contributed by atoms with Gasteiger partial charge < -0.3 is 52.8 Å². The van der Waals surface area contributed by atoms with Gasteiger partial charge in [-0.1, -0.05) is 23.2 Å². The van der Waals surface area contributed by atoms with Gasteiger partial charge in [-0.25, -0.2) is 49.8 Å². The van der Waals surface area contributed by atoms with Crippen molar-refractivity contribution in [2.24, 2.45) is 0 Å². The molecule has 0 aliphatic carbocycles. The summed E-state index contributed by atoms with van der Waals surface area (Å²) in [6, 6.07) is 20.2. The summed E-state index contributed by atoms with van der Waals surface area (Å²) in [5.74, 6) is 3.64.